The molecule has 1 aliphatic rings. The normalized spacial score (nSPS) is 19.4. The number of azide groups is 1. The van der Waals surface area contributed by atoms with E-state index in [4.69, 9.17) is 9.71 Å². The van der Waals surface area contributed by atoms with Gasteiger partial charge in [0.25, 0.3) is 10.1 Å². The molecule has 2 atom stereocenters. The van der Waals surface area contributed by atoms with Crippen LogP contribution >= 0.6 is 0 Å². The van der Waals surface area contributed by atoms with Crippen LogP contribution in [0.1, 0.15) is 18.4 Å². The number of amides is 1. The van der Waals surface area contributed by atoms with Crippen LogP contribution in [-0.2, 0) is 28.6 Å². The van der Waals surface area contributed by atoms with Gasteiger partial charge in [0.2, 0.25) is 5.91 Å². The SMILES string of the molecule is COC(=O)CCC(=O)N1CC(N=[N+]=[N-])C(OS(=O)(=O)c2ccc(C)cc2)C1. The van der Waals surface area contributed by atoms with Crippen LogP contribution in [0.15, 0.2) is 34.3 Å². The van der Waals surface area contributed by atoms with Gasteiger partial charge in [0, 0.05) is 24.4 Å². The molecule has 2 unspecified atom stereocenters. The molecular weight excluding hydrogens is 376 g/mol. The molecule has 0 aromatic heterocycles. The van der Waals surface area contributed by atoms with Crippen molar-refractivity contribution in [3.05, 3.63) is 40.3 Å². The van der Waals surface area contributed by atoms with Crippen LogP contribution in [-0.4, -0.2) is 57.5 Å². The summed E-state index contributed by atoms with van der Waals surface area (Å²) in [5, 5.41) is 3.55. The maximum absolute atomic E-state index is 12.5. The standard InChI is InChI=1S/C16H20N4O6S/c1-11-3-5-12(6-4-11)27(23,24)26-14-10-20(9-13(14)18-19-17)15(21)7-8-16(22)25-2/h3-6,13-14H,7-10H2,1-2H3. The zero-order valence-corrected chi connectivity index (χ0v) is 15.8. The molecule has 2 rings (SSSR count). The van der Waals surface area contributed by atoms with Gasteiger partial charge in [-0.05, 0) is 24.6 Å². The van der Waals surface area contributed by atoms with Gasteiger partial charge in [-0.2, -0.15) is 8.42 Å². The minimum atomic E-state index is -4.09. The molecule has 1 fully saturated rings. The summed E-state index contributed by atoms with van der Waals surface area (Å²) in [6, 6.07) is 5.26. The molecule has 1 heterocycles. The molecule has 1 aromatic rings. The lowest BCUT2D eigenvalue weighted by Crippen LogP contribution is -2.31. The van der Waals surface area contributed by atoms with Gasteiger partial charge in [0.15, 0.2) is 0 Å². The Labute approximate surface area is 156 Å². The molecule has 0 spiro atoms. The van der Waals surface area contributed by atoms with Crippen LogP contribution in [0.2, 0.25) is 0 Å². The number of nitrogens with zero attached hydrogens (tertiary/aromatic N) is 4. The topological polar surface area (TPSA) is 139 Å². The molecule has 11 heteroatoms. The van der Waals surface area contributed by atoms with Crippen LogP contribution < -0.4 is 0 Å². The van der Waals surface area contributed by atoms with Gasteiger partial charge in [-0.3, -0.25) is 13.8 Å². The highest BCUT2D eigenvalue weighted by Crippen LogP contribution is 2.23. The van der Waals surface area contributed by atoms with E-state index in [-0.39, 0.29) is 36.7 Å². The highest BCUT2D eigenvalue weighted by atomic mass is 32.2. The molecule has 1 saturated heterocycles. The second-order valence-electron chi connectivity index (χ2n) is 6.05. The van der Waals surface area contributed by atoms with E-state index in [1.54, 1.807) is 12.1 Å². The first-order chi connectivity index (χ1) is 12.8. The van der Waals surface area contributed by atoms with Crippen molar-refractivity contribution in [2.75, 3.05) is 20.2 Å². The molecule has 27 heavy (non-hydrogen) atoms. The maximum atomic E-state index is 12.5. The fourth-order valence-corrected chi connectivity index (χ4v) is 3.72. The van der Waals surface area contributed by atoms with Gasteiger partial charge in [-0.1, -0.05) is 22.8 Å². The summed E-state index contributed by atoms with van der Waals surface area (Å²) in [7, 11) is -2.86. The number of hydrogen-bond acceptors (Lipinski definition) is 7. The van der Waals surface area contributed by atoms with Gasteiger partial charge in [-0.25, -0.2) is 0 Å². The molecule has 0 radical (unpaired) electrons. The lowest BCUT2D eigenvalue weighted by molar-refractivity contribution is -0.143. The van der Waals surface area contributed by atoms with E-state index in [1.165, 1.54) is 24.1 Å². The third kappa shape index (κ3) is 5.43. The van der Waals surface area contributed by atoms with E-state index in [0.29, 0.717) is 0 Å². The van der Waals surface area contributed by atoms with Crippen LogP contribution in [0.3, 0.4) is 0 Å². The zero-order chi connectivity index (χ0) is 20.0. The summed E-state index contributed by atoms with van der Waals surface area (Å²) in [6.07, 6.45) is -1.19. The van der Waals surface area contributed by atoms with E-state index >= 15 is 0 Å². The van der Waals surface area contributed by atoms with Crippen molar-refractivity contribution in [3.63, 3.8) is 0 Å². The van der Waals surface area contributed by atoms with Crippen molar-refractivity contribution in [3.8, 4) is 0 Å². The quantitative estimate of drug-likeness (QED) is 0.225. The minimum Gasteiger partial charge on any atom is -0.469 e. The maximum Gasteiger partial charge on any atom is 0.306 e. The summed E-state index contributed by atoms with van der Waals surface area (Å²) in [5.74, 6) is -0.902. The smallest absolute Gasteiger partial charge is 0.306 e. The van der Waals surface area contributed by atoms with E-state index < -0.39 is 28.2 Å². The highest BCUT2D eigenvalue weighted by molar-refractivity contribution is 7.86. The number of carbonyl (C=O) groups is 2. The molecule has 0 bridgehead atoms. The largest absolute Gasteiger partial charge is 0.469 e. The predicted octanol–water partition coefficient (Wildman–Crippen LogP) is 1.54. The first-order valence-corrected chi connectivity index (χ1v) is 9.56. The van der Waals surface area contributed by atoms with Crippen molar-refractivity contribution in [1.82, 2.24) is 4.90 Å². The van der Waals surface area contributed by atoms with Crippen LogP contribution in [0, 0.1) is 6.92 Å². The number of hydrogen-bond donors (Lipinski definition) is 0. The van der Waals surface area contributed by atoms with Crippen LogP contribution in [0.5, 0.6) is 0 Å². The third-order valence-electron chi connectivity index (χ3n) is 4.12. The summed E-state index contributed by atoms with van der Waals surface area (Å²) in [6.45, 7) is 1.77. The highest BCUT2D eigenvalue weighted by Gasteiger charge is 2.38. The van der Waals surface area contributed by atoms with Crippen molar-refractivity contribution in [1.29, 1.82) is 0 Å². The Balaban J connectivity index is 2.10. The van der Waals surface area contributed by atoms with Gasteiger partial charge in [0.05, 0.1) is 24.5 Å². The lowest BCUT2D eigenvalue weighted by Gasteiger charge is -2.16. The number of likely N-dealkylation sites (tertiary alicyclic amines) is 1. The average molecular weight is 396 g/mol. The van der Waals surface area contributed by atoms with Gasteiger partial charge >= 0.3 is 5.97 Å². The number of carbonyl (C=O) groups excluding carboxylic acids is 2. The molecule has 1 amide bonds. The van der Waals surface area contributed by atoms with Gasteiger partial charge in [0.1, 0.15) is 6.10 Å². The van der Waals surface area contributed by atoms with E-state index in [2.05, 4.69) is 14.8 Å². The third-order valence-corrected chi connectivity index (χ3v) is 5.47. The first kappa shape index (κ1) is 20.7. The van der Waals surface area contributed by atoms with Crippen LogP contribution in [0.25, 0.3) is 10.4 Å². The number of esters is 1. The van der Waals surface area contributed by atoms with Crippen molar-refractivity contribution >= 4 is 22.0 Å². The summed E-state index contributed by atoms with van der Waals surface area (Å²) in [5.41, 5.74) is 9.60. The summed E-state index contributed by atoms with van der Waals surface area (Å²) < 4.78 is 34.6. The number of aryl methyl sites for hydroxylation is 1. The molecule has 10 nitrogen and oxygen atoms in total. The van der Waals surface area contributed by atoms with Gasteiger partial charge in [-0.15, -0.1) is 0 Å². The Kier molecular flexibility index (Phi) is 6.78. The molecule has 0 aliphatic carbocycles. The van der Waals surface area contributed by atoms with Crippen molar-refractivity contribution in [2.24, 2.45) is 5.11 Å². The van der Waals surface area contributed by atoms with E-state index in [1.807, 2.05) is 6.92 Å². The molecule has 1 aliphatic heterocycles. The summed E-state index contributed by atoms with van der Waals surface area (Å²) in [4.78, 5) is 27.4. The Morgan fingerprint density at radius 3 is 2.52 bits per heavy atom. The number of methoxy groups -OCH3 is 1. The van der Waals surface area contributed by atoms with Gasteiger partial charge < -0.3 is 9.64 Å². The Bertz CT molecular complexity index is 848. The fourth-order valence-electron chi connectivity index (χ4n) is 2.62. The molecule has 0 N–H and O–H groups in total. The monoisotopic (exact) mass is 396 g/mol. The predicted molar refractivity (Wildman–Crippen MR) is 94.0 cm³/mol. The zero-order valence-electron chi connectivity index (χ0n) is 14.9. The molecule has 1 aromatic carbocycles. The lowest BCUT2D eigenvalue weighted by atomic mass is 10.2. The Morgan fingerprint density at radius 1 is 1.26 bits per heavy atom. The number of benzene rings is 1. The fraction of sp³-hybridized carbons (Fsp3) is 0.500. The molecule has 146 valence electrons. The van der Waals surface area contributed by atoms with E-state index in [9.17, 15) is 18.0 Å². The minimum absolute atomic E-state index is 0.0121. The Hall–Kier alpha value is -2.62. The van der Waals surface area contributed by atoms with Crippen molar-refractivity contribution in [2.45, 2.75) is 36.8 Å². The molecule has 0 saturated carbocycles. The average Bonchev–Trinajstić information content (AvgIpc) is 3.02. The first-order valence-electron chi connectivity index (χ1n) is 8.15. The number of rotatable bonds is 7. The Morgan fingerprint density at radius 2 is 1.93 bits per heavy atom. The summed E-state index contributed by atoms with van der Waals surface area (Å²) >= 11 is 0. The number of ether oxygens (including phenoxy) is 1. The van der Waals surface area contributed by atoms with Crippen LogP contribution in [0.4, 0.5) is 0 Å². The second kappa shape index (κ2) is 8.85. The second-order valence-corrected chi connectivity index (χ2v) is 7.62. The van der Waals surface area contributed by atoms with E-state index in [0.717, 1.165) is 5.56 Å². The van der Waals surface area contributed by atoms with Crippen molar-refractivity contribution < 1.29 is 26.9 Å². The molecular formula is C16H20N4O6S.